The first-order valence-electron chi connectivity index (χ1n) is 6.08. The smallest absolute Gasteiger partial charge is 0.137 e. The number of rotatable bonds is 3. The van der Waals surface area contributed by atoms with Gasteiger partial charge in [0.15, 0.2) is 0 Å². The number of aliphatic hydroxyl groups is 1. The van der Waals surface area contributed by atoms with E-state index < -0.39 is 6.10 Å². The molecule has 0 saturated heterocycles. The van der Waals surface area contributed by atoms with E-state index in [4.69, 9.17) is 4.42 Å². The molecule has 17 heavy (non-hydrogen) atoms. The number of hydrogen-bond acceptors (Lipinski definition) is 2. The lowest BCUT2D eigenvalue weighted by Gasteiger charge is -2.07. The van der Waals surface area contributed by atoms with Crippen molar-refractivity contribution in [2.24, 2.45) is 5.92 Å². The Morgan fingerprint density at radius 2 is 1.88 bits per heavy atom. The molecule has 1 heterocycles. The summed E-state index contributed by atoms with van der Waals surface area (Å²) in [6, 6.07) is 13.5. The van der Waals surface area contributed by atoms with Crippen LogP contribution < -0.4 is 0 Å². The van der Waals surface area contributed by atoms with Gasteiger partial charge >= 0.3 is 0 Å². The van der Waals surface area contributed by atoms with Gasteiger partial charge < -0.3 is 9.52 Å². The Hall–Kier alpha value is -1.54. The number of hydrogen-bond donors (Lipinski definition) is 1. The molecule has 2 nitrogen and oxygen atoms in total. The van der Waals surface area contributed by atoms with Gasteiger partial charge in [-0.3, -0.25) is 0 Å². The zero-order valence-electron chi connectivity index (χ0n) is 9.84. The maximum absolute atomic E-state index is 10.2. The van der Waals surface area contributed by atoms with Gasteiger partial charge in [0.1, 0.15) is 17.6 Å². The van der Waals surface area contributed by atoms with Crippen LogP contribution in [0.2, 0.25) is 0 Å². The molecular formula is C15H16O2. The number of aliphatic hydroxyl groups excluding tert-OH is 1. The molecule has 1 aliphatic rings. The summed E-state index contributed by atoms with van der Waals surface area (Å²) in [5.41, 5.74) is 0.872. The molecule has 3 rings (SSSR count). The molecule has 0 amide bonds. The molecule has 1 aromatic heterocycles. The van der Waals surface area contributed by atoms with E-state index in [2.05, 4.69) is 6.92 Å². The zero-order valence-corrected chi connectivity index (χ0v) is 9.84. The largest absolute Gasteiger partial charge is 0.463 e. The summed E-state index contributed by atoms with van der Waals surface area (Å²) in [5.74, 6) is 2.95. The molecule has 88 valence electrons. The SMILES string of the molecule is CC1CC1c1ccc(C(O)c2ccccc2)o1. The van der Waals surface area contributed by atoms with Crippen LogP contribution in [-0.2, 0) is 0 Å². The fourth-order valence-corrected chi connectivity index (χ4v) is 2.23. The van der Waals surface area contributed by atoms with Gasteiger partial charge in [0.25, 0.3) is 0 Å². The fraction of sp³-hybridized carbons (Fsp3) is 0.333. The summed E-state index contributed by atoms with van der Waals surface area (Å²) in [7, 11) is 0. The summed E-state index contributed by atoms with van der Waals surface area (Å²) in [6.07, 6.45) is 0.549. The third-order valence-corrected chi connectivity index (χ3v) is 3.51. The van der Waals surface area contributed by atoms with Gasteiger partial charge in [0, 0.05) is 5.92 Å². The molecular weight excluding hydrogens is 212 g/mol. The van der Waals surface area contributed by atoms with E-state index in [1.54, 1.807) is 0 Å². The van der Waals surface area contributed by atoms with Crippen molar-refractivity contribution in [1.82, 2.24) is 0 Å². The van der Waals surface area contributed by atoms with E-state index in [0.29, 0.717) is 11.7 Å². The normalized spacial score (nSPS) is 24.6. The minimum atomic E-state index is -0.654. The standard InChI is InChI=1S/C15H16O2/c1-10-9-12(10)13-7-8-14(17-13)15(16)11-5-3-2-4-6-11/h2-8,10,12,15-16H,9H2,1H3. The first kappa shape index (κ1) is 10.6. The molecule has 3 unspecified atom stereocenters. The zero-order chi connectivity index (χ0) is 11.8. The van der Waals surface area contributed by atoms with E-state index in [-0.39, 0.29) is 0 Å². The van der Waals surface area contributed by atoms with Gasteiger partial charge in [0.2, 0.25) is 0 Å². The molecule has 1 aliphatic carbocycles. The first-order chi connectivity index (χ1) is 8.25. The van der Waals surface area contributed by atoms with Gasteiger partial charge in [-0.05, 0) is 30.0 Å². The van der Waals surface area contributed by atoms with Gasteiger partial charge in [-0.25, -0.2) is 0 Å². The van der Waals surface area contributed by atoms with Crippen molar-refractivity contribution >= 4 is 0 Å². The van der Waals surface area contributed by atoms with E-state index in [1.807, 2.05) is 42.5 Å². The Morgan fingerprint density at radius 3 is 2.53 bits per heavy atom. The summed E-state index contributed by atoms with van der Waals surface area (Å²) >= 11 is 0. The second kappa shape index (κ2) is 4.04. The Bertz CT molecular complexity index is 501. The quantitative estimate of drug-likeness (QED) is 0.872. The van der Waals surface area contributed by atoms with Crippen LogP contribution in [0, 0.1) is 5.92 Å². The average Bonchev–Trinajstić information content (AvgIpc) is 2.92. The maximum atomic E-state index is 10.2. The molecule has 1 fully saturated rings. The monoisotopic (exact) mass is 228 g/mol. The Morgan fingerprint density at radius 1 is 1.18 bits per heavy atom. The summed E-state index contributed by atoms with van der Waals surface area (Å²) in [5, 5.41) is 10.2. The molecule has 3 atom stereocenters. The second-order valence-electron chi connectivity index (χ2n) is 4.87. The lowest BCUT2D eigenvalue weighted by molar-refractivity contribution is 0.186. The molecule has 0 spiro atoms. The predicted octanol–water partition coefficient (Wildman–Crippen LogP) is 3.48. The molecule has 2 heteroatoms. The van der Waals surface area contributed by atoms with Crippen LogP contribution in [0.1, 0.15) is 42.5 Å². The third kappa shape index (κ3) is 2.01. The van der Waals surface area contributed by atoms with Crippen molar-refractivity contribution in [2.75, 3.05) is 0 Å². The van der Waals surface area contributed by atoms with Crippen molar-refractivity contribution in [3.63, 3.8) is 0 Å². The van der Waals surface area contributed by atoms with Gasteiger partial charge in [-0.1, -0.05) is 37.3 Å². The number of furan rings is 1. The van der Waals surface area contributed by atoms with Crippen molar-refractivity contribution in [3.8, 4) is 0 Å². The number of benzene rings is 1. The Balaban J connectivity index is 1.82. The van der Waals surface area contributed by atoms with Crippen LogP contribution in [0.3, 0.4) is 0 Å². The molecule has 0 aliphatic heterocycles. The Labute approximate surface area is 101 Å². The minimum Gasteiger partial charge on any atom is -0.463 e. The van der Waals surface area contributed by atoms with E-state index in [0.717, 1.165) is 17.2 Å². The van der Waals surface area contributed by atoms with Crippen LogP contribution in [0.15, 0.2) is 46.9 Å². The topological polar surface area (TPSA) is 33.4 Å². The first-order valence-corrected chi connectivity index (χ1v) is 6.08. The highest BCUT2D eigenvalue weighted by Crippen LogP contribution is 2.47. The highest BCUT2D eigenvalue weighted by atomic mass is 16.4. The summed E-state index contributed by atoms with van der Waals surface area (Å²) in [4.78, 5) is 0. The van der Waals surface area contributed by atoms with Crippen LogP contribution in [-0.4, -0.2) is 5.11 Å². The molecule has 1 aromatic carbocycles. The third-order valence-electron chi connectivity index (χ3n) is 3.51. The fourth-order valence-electron chi connectivity index (χ4n) is 2.23. The van der Waals surface area contributed by atoms with E-state index >= 15 is 0 Å². The minimum absolute atomic E-state index is 0.562. The van der Waals surface area contributed by atoms with E-state index in [9.17, 15) is 5.11 Å². The Kier molecular flexibility index (Phi) is 2.52. The highest BCUT2D eigenvalue weighted by molar-refractivity contribution is 5.26. The van der Waals surface area contributed by atoms with Crippen molar-refractivity contribution in [1.29, 1.82) is 0 Å². The van der Waals surface area contributed by atoms with Gasteiger partial charge in [0.05, 0.1) is 0 Å². The maximum Gasteiger partial charge on any atom is 0.137 e. The predicted molar refractivity (Wildman–Crippen MR) is 65.7 cm³/mol. The second-order valence-corrected chi connectivity index (χ2v) is 4.87. The molecule has 1 N–H and O–H groups in total. The van der Waals surface area contributed by atoms with Crippen LogP contribution in [0.25, 0.3) is 0 Å². The molecule has 0 radical (unpaired) electrons. The van der Waals surface area contributed by atoms with Crippen molar-refractivity contribution < 1.29 is 9.52 Å². The molecule has 0 bridgehead atoms. The van der Waals surface area contributed by atoms with Crippen LogP contribution >= 0.6 is 0 Å². The van der Waals surface area contributed by atoms with Crippen molar-refractivity contribution in [2.45, 2.75) is 25.4 Å². The van der Waals surface area contributed by atoms with Crippen molar-refractivity contribution in [3.05, 3.63) is 59.5 Å². The highest BCUT2D eigenvalue weighted by Gasteiger charge is 2.36. The molecule has 2 aromatic rings. The van der Waals surface area contributed by atoms with Crippen LogP contribution in [0.4, 0.5) is 0 Å². The lowest BCUT2D eigenvalue weighted by Crippen LogP contribution is -1.97. The summed E-state index contributed by atoms with van der Waals surface area (Å²) < 4.78 is 5.74. The average molecular weight is 228 g/mol. The van der Waals surface area contributed by atoms with E-state index in [1.165, 1.54) is 6.42 Å². The van der Waals surface area contributed by atoms with Gasteiger partial charge in [-0.15, -0.1) is 0 Å². The summed E-state index contributed by atoms with van der Waals surface area (Å²) in [6.45, 7) is 2.22. The van der Waals surface area contributed by atoms with Gasteiger partial charge in [-0.2, -0.15) is 0 Å². The molecule has 1 saturated carbocycles. The lowest BCUT2D eigenvalue weighted by atomic mass is 10.1. The van der Waals surface area contributed by atoms with Crippen LogP contribution in [0.5, 0.6) is 0 Å².